The van der Waals surface area contributed by atoms with Crippen LogP contribution in [0.3, 0.4) is 0 Å². The number of hydrogen-bond acceptors (Lipinski definition) is 2. The van der Waals surface area contributed by atoms with Gasteiger partial charge in [-0.1, -0.05) is 13.3 Å². The molecule has 0 N–H and O–H groups in total. The van der Waals surface area contributed by atoms with E-state index >= 15 is 0 Å². The molecule has 10 heavy (non-hydrogen) atoms. The van der Waals surface area contributed by atoms with Crippen LogP contribution in [0.2, 0.25) is 0 Å². The highest BCUT2D eigenvalue weighted by molar-refractivity contribution is 7.87. The molecule has 0 aromatic carbocycles. The first-order valence-electron chi connectivity index (χ1n) is 3.25. The molecule has 0 rings (SSSR count). The summed E-state index contributed by atoms with van der Waals surface area (Å²) >= 11 is 0. The van der Waals surface area contributed by atoms with Gasteiger partial charge in [0.15, 0.2) is 0 Å². The maximum atomic E-state index is 12.3. The first-order valence-corrected chi connectivity index (χ1v) is 4.64. The van der Waals surface area contributed by atoms with Crippen molar-refractivity contribution in [3.63, 3.8) is 0 Å². The minimum atomic E-state index is -4.36. The zero-order valence-corrected chi connectivity index (χ0v) is 7.33. The Morgan fingerprint density at radius 2 is 1.80 bits per heavy atom. The Bertz CT molecular complexity index is 194. The summed E-state index contributed by atoms with van der Waals surface area (Å²) in [6, 6.07) is 0. The molecule has 0 atom stereocenters. The van der Waals surface area contributed by atoms with Crippen LogP contribution in [0.4, 0.5) is 3.89 Å². The first-order chi connectivity index (χ1) is 4.31. The zero-order valence-electron chi connectivity index (χ0n) is 6.52. The number of rotatable bonds is 3. The lowest BCUT2D eigenvalue weighted by Gasteiger charge is -2.17. The summed E-state index contributed by atoms with van der Waals surface area (Å²) in [5, 5.41) is 0. The summed E-state index contributed by atoms with van der Waals surface area (Å²) in [5.74, 6) is 0. The summed E-state index contributed by atoms with van der Waals surface area (Å²) in [6.07, 6.45) is 1.04. The van der Waals surface area contributed by atoms with Gasteiger partial charge in [-0.05, 0) is 20.3 Å². The highest BCUT2D eigenvalue weighted by Crippen LogP contribution is 2.23. The molecule has 0 saturated carbocycles. The maximum absolute atomic E-state index is 12.3. The lowest BCUT2D eigenvalue weighted by atomic mass is 10.1. The molecule has 0 aromatic heterocycles. The number of hydrogen-bond donors (Lipinski definition) is 0. The summed E-state index contributed by atoms with van der Waals surface area (Å²) in [7, 11) is -4.36. The SMILES string of the molecule is CCCC(C)(C)S(=O)(=O)F. The third-order valence-electron chi connectivity index (χ3n) is 1.51. The molecule has 0 unspecified atom stereocenters. The quantitative estimate of drug-likeness (QED) is 0.603. The third kappa shape index (κ3) is 2.25. The van der Waals surface area contributed by atoms with Crippen LogP contribution in [0.25, 0.3) is 0 Å². The molecule has 0 bridgehead atoms. The van der Waals surface area contributed by atoms with Crippen molar-refractivity contribution in [2.45, 2.75) is 38.4 Å². The van der Waals surface area contributed by atoms with E-state index in [9.17, 15) is 12.3 Å². The van der Waals surface area contributed by atoms with Crippen LogP contribution in [0.5, 0.6) is 0 Å². The van der Waals surface area contributed by atoms with E-state index in [1.165, 1.54) is 13.8 Å². The molecule has 4 heteroatoms. The van der Waals surface area contributed by atoms with Gasteiger partial charge < -0.3 is 0 Å². The predicted octanol–water partition coefficient (Wildman–Crippen LogP) is 1.86. The topological polar surface area (TPSA) is 34.1 Å². The lowest BCUT2D eigenvalue weighted by Crippen LogP contribution is -2.27. The van der Waals surface area contributed by atoms with Gasteiger partial charge in [0, 0.05) is 0 Å². The fourth-order valence-corrected chi connectivity index (χ4v) is 1.17. The molecule has 0 heterocycles. The molecule has 62 valence electrons. The van der Waals surface area contributed by atoms with Crippen LogP contribution in [-0.2, 0) is 10.2 Å². The Morgan fingerprint density at radius 1 is 1.40 bits per heavy atom. The molecular formula is C6H13FO2S. The van der Waals surface area contributed by atoms with Crippen molar-refractivity contribution >= 4 is 10.2 Å². The first kappa shape index (κ1) is 9.88. The van der Waals surface area contributed by atoms with Crippen molar-refractivity contribution in [2.75, 3.05) is 0 Å². The van der Waals surface area contributed by atoms with E-state index < -0.39 is 15.0 Å². The third-order valence-corrected chi connectivity index (χ3v) is 3.04. The average molecular weight is 168 g/mol. The summed E-state index contributed by atoms with van der Waals surface area (Å²) in [4.78, 5) is 0. The van der Waals surface area contributed by atoms with Crippen LogP contribution in [0, 0.1) is 0 Å². The largest absolute Gasteiger partial charge is 0.307 e. The standard InChI is InChI=1S/C6H13FO2S/c1-4-5-6(2,3)10(7,8)9/h4-5H2,1-3H3. The normalized spacial score (nSPS) is 13.6. The Labute approximate surface area is 61.7 Å². The van der Waals surface area contributed by atoms with E-state index in [4.69, 9.17) is 0 Å². The highest BCUT2D eigenvalue weighted by Gasteiger charge is 2.32. The van der Waals surface area contributed by atoms with Gasteiger partial charge in [-0.3, -0.25) is 0 Å². The molecular weight excluding hydrogens is 155 g/mol. The fraction of sp³-hybridized carbons (Fsp3) is 1.00. The van der Waals surface area contributed by atoms with Crippen LogP contribution in [0.1, 0.15) is 33.6 Å². The van der Waals surface area contributed by atoms with Gasteiger partial charge in [-0.15, -0.1) is 3.89 Å². The highest BCUT2D eigenvalue weighted by atomic mass is 32.3. The van der Waals surface area contributed by atoms with E-state index in [1.807, 2.05) is 6.92 Å². The molecule has 2 nitrogen and oxygen atoms in total. The van der Waals surface area contributed by atoms with Gasteiger partial charge in [0.2, 0.25) is 0 Å². The van der Waals surface area contributed by atoms with Crippen molar-refractivity contribution in [2.24, 2.45) is 0 Å². The van der Waals surface area contributed by atoms with Gasteiger partial charge >= 0.3 is 10.2 Å². The van der Waals surface area contributed by atoms with Gasteiger partial charge in [0.1, 0.15) is 0 Å². The van der Waals surface area contributed by atoms with E-state index in [0.29, 0.717) is 12.8 Å². The van der Waals surface area contributed by atoms with Gasteiger partial charge in [0.25, 0.3) is 0 Å². The maximum Gasteiger partial charge on any atom is 0.307 e. The van der Waals surface area contributed by atoms with Crippen LogP contribution >= 0.6 is 0 Å². The molecule has 0 radical (unpaired) electrons. The van der Waals surface area contributed by atoms with Gasteiger partial charge in [-0.25, -0.2) is 0 Å². The predicted molar refractivity (Wildman–Crippen MR) is 39.0 cm³/mol. The van der Waals surface area contributed by atoms with E-state index in [-0.39, 0.29) is 0 Å². The van der Waals surface area contributed by atoms with Crippen LogP contribution in [-0.4, -0.2) is 13.2 Å². The molecule has 0 fully saturated rings. The van der Waals surface area contributed by atoms with Crippen LogP contribution in [0.15, 0.2) is 0 Å². The average Bonchev–Trinajstić information content (AvgIpc) is 1.61. The van der Waals surface area contributed by atoms with Crippen molar-refractivity contribution in [3.8, 4) is 0 Å². The molecule has 0 aliphatic heterocycles. The van der Waals surface area contributed by atoms with Crippen molar-refractivity contribution in [1.82, 2.24) is 0 Å². The second-order valence-electron chi connectivity index (χ2n) is 2.95. The summed E-state index contributed by atoms with van der Waals surface area (Å²) in [5.41, 5.74) is 0. The molecule has 0 spiro atoms. The summed E-state index contributed by atoms with van der Waals surface area (Å²) in [6.45, 7) is 4.62. The Kier molecular flexibility index (Phi) is 2.83. The second kappa shape index (κ2) is 2.86. The minimum Gasteiger partial charge on any atom is -0.194 e. The number of halogens is 1. The smallest absolute Gasteiger partial charge is 0.194 e. The minimum absolute atomic E-state index is 0.367. The molecule has 0 aromatic rings. The Balaban J connectivity index is 4.42. The Hall–Kier alpha value is -0.120. The van der Waals surface area contributed by atoms with E-state index in [1.54, 1.807) is 0 Å². The Morgan fingerprint density at radius 3 is 1.90 bits per heavy atom. The summed E-state index contributed by atoms with van der Waals surface area (Å²) < 4.78 is 31.9. The second-order valence-corrected chi connectivity index (χ2v) is 4.93. The molecule has 0 saturated heterocycles. The molecule has 0 amide bonds. The van der Waals surface area contributed by atoms with E-state index in [2.05, 4.69) is 0 Å². The van der Waals surface area contributed by atoms with Crippen molar-refractivity contribution in [1.29, 1.82) is 0 Å². The van der Waals surface area contributed by atoms with Gasteiger partial charge in [0.05, 0.1) is 4.75 Å². The monoisotopic (exact) mass is 168 g/mol. The van der Waals surface area contributed by atoms with Crippen molar-refractivity contribution < 1.29 is 12.3 Å². The molecule has 0 aliphatic rings. The fourth-order valence-electron chi connectivity index (χ4n) is 0.724. The van der Waals surface area contributed by atoms with E-state index in [0.717, 1.165) is 0 Å². The molecule has 0 aliphatic carbocycles. The van der Waals surface area contributed by atoms with Crippen LogP contribution < -0.4 is 0 Å². The van der Waals surface area contributed by atoms with Crippen molar-refractivity contribution in [3.05, 3.63) is 0 Å². The lowest BCUT2D eigenvalue weighted by molar-refractivity contribution is 0.483. The van der Waals surface area contributed by atoms with Gasteiger partial charge in [-0.2, -0.15) is 8.42 Å². The zero-order chi connectivity index (χ0) is 8.41.